The number of benzene rings is 1. The Hall–Kier alpha value is -2.57. The predicted molar refractivity (Wildman–Crippen MR) is 95.8 cm³/mol. The summed E-state index contributed by atoms with van der Waals surface area (Å²) in [5.74, 6) is -1.62. The van der Waals surface area contributed by atoms with Gasteiger partial charge in [-0.1, -0.05) is 30.3 Å². The molecule has 3 atom stereocenters. The van der Waals surface area contributed by atoms with Crippen LogP contribution in [-0.2, 0) is 14.3 Å². The van der Waals surface area contributed by atoms with Gasteiger partial charge in [0.25, 0.3) is 0 Å². The van der Waals surface area contributed by atoms with E-state index >= 15 is 0 Å². The number of hydrogen-bond acceptors (Lipinski definition) is 4. The molecule has 2 N–H and O–H groups in total. The smallest absolute Gasteiger partial charge is 0.410 e. The molecule has 1 heterocycles. The van der Waals surface area contributed by atoms with Gasteiger partial charge in [0.2, 0.25) is 5.91 Å². The van der Waals surface area contributed by atoms with E-state index in [1.165, 1.54) is 11.8 Å². The first-order valence-corrected chi connectivity index (χ1v) is 8.66. The van der Waals surface area contributed by atoms with Crippen LogP contribution in [0.3, 0.4) is 0 Å². The van der Waals surface area contributed by atoms with Crippen LogP contribution in [0.5, 0.6) is 0 Å². The van der Waals surface area contributed by atoms with Crippen LogP contribution in [0.1, 0.15) is 45.6 Å². The summed E-state index contributed by atoms with van der Waals surface area (Å²) < 4.78 is 5.43. The third kappa shape index (κ3) is 4.97. The molecule has 0 unspecified atom stereocenters. The largest absolute Gasteiger partial charge is 0.480 e. The first-order chi connectivity index (χ1) is 12.1. The molecule has 7 nitrogen and oxygen atoms in total. The maximum Gasteiger partial charge on any atom is 0.410 e. The molecule has 0 radical (unpaired) electrons. The quantitative estimate of drug-likeness (QED) is 0.857. The molecule has 0 aromatic heterocycles. The Morgan fingerprint density at radius 2 is 1.85 bits per heavy atom. The normalized spacial score (nSPS) is 21.2. The number of carbonyl (C=O) groups is 3. The first kappa shape index (κ1) is 19.8. The van der Waals surface area contributed by atoms with E-state index in [1.54, 1.807) is 20.8 Å². The van der Waals surface area contributed by atoms with Gasteiger partial charge in [0.05, 0.1) is 0 Å². The van der Waals surface area contributed by atoms with E-state index < -0.39 is 35.7 Å². The second-order valence-electron chi connectivity index (χ2n) is 7.56. The van der Waals surface area contributed by atoms with Crippen molar-refractivity contribution in [3.63, 3.8) is 0 Å². The Morgan fingerprint density at radius 1 is 1.23 bits per heavy atom. The van der Waals surface area contributed by atoms with E-state index in [0.29, 0.717) is 13.0 Å². The SMILES string of the molecule is C[C@H](NC(=O)[C@H]1C[C@@H](c2ccccc2)CN1C(=O)OC(C)(C)C)C(=O)O. The standard InChI is InChI=1S/C19H26N2O5/c1-12(17(23)24)20-16(22)15-10-14(13-8-6-5-7-9-13)11-21(15)18(25)26-19(2,3)4/h5-9,12,14-15H,10-11H2,1-4H3,(H,20,22)(H,23,24)/t12-,14+,15+/m0/s1. The minimum atomic E-state index is -1.13. The van der Waals surface area contributed by atoms with Crippen LogP contribution in [0.25, 0.3) is 0 Å². The monoisotopic (exact) mass is 362 g/mol. The lowest BCUT2D eigenvalue weighted by atomic mass is 9.96. The highest BCUT2D eigenvalue weighted by molar-refractivity contribution is 5.89. The van der Waals surface area contributed by atoms with E-state index in [-0.39, 0.29) is 5.92 Å². The summed E-state index contributed by atoms with van der Waals surface area (Å²) in [6.45, 7) is 7.02. The highest BCUT2D eigenvalue weighted by atomic mass is 16.6. The van der Waals surface area contributed by atoms with Crippen LogP contribution in [0.4, 0.5) is 4.79 Å². The molecular formula is C19H26N2O5. The zero-order valence-corrected chi connectivity index (χ0v) is 15.6. The number of carbonyl (C=O) groups excluding carboxylic acids is 2. The molecule has 1 aromatic carbocycles. The molecule has 7 heteroatoms. The average molecular weight is 362 g/mol. The third-order valence-corrected chi connectivity index (χ3v) is 4.23. The second kappa shape index (κ2) is 7.76. The van der Waals surface area contributed by atoms with Crippen LogP contribution >= 0.6 is 0 Å². The molecule has 0 spiro atoms. The van der Waals surface area contributed by atoms with Crippen molar-refractivity contribution in [2.45, 2.75) is 57.7 Å². The van der Waals surface area contributed by atoms with Gasteiger partial charge in [-0.2, -0.15) is 0 Å². The van der Waals surface area contributed by atoms with Crippen molar-refractivity contribution in [1.82, 2.24) is 10.2 Å². The third-order valence-electron chi connectivity index (χ3n) is 4.23. The summed E-state index contributed by atoms with van der Waals surface area (Å²) in [5, 5.41) is 11.5. The molecule has 142 valence electrons. The lowest BCUT2D eigenvalue weighted by Gasteiger charge is -2.28. The Bertz CT molecular complexity index is 668. The van der Waals surface area contributed by atoms with Crippen molar-refractivity contribution in [3.05, 3.63) is 35.9 Å². The number of likely N-dealkylation sites (tertiary alicyclic amines) is 1. The maximum atomic E-state index is 12.6. The molecule has 0 bridgehead atoms. The van der Waals surface area contributed by atoms with Crippen LogP contribution in [0.15, 0.2) is 30.3 Å². The fourth-order valence-electron chi connectivity index (χ4n) is 2.94. The summed E-state index contributed by atoms with van der Waals surface area (Å²) in [6, 6.07) is 7.84. The molecule has 1 aromatic rings. The number of carboxylic acids is 1. The zero-order valence-electron chi connectivity index (χ0n) is 15.6. The van der Waals surface area contributed by atoms with Gasteiger partial charge in [-0.15, -0.1) is 0 Å². The molecule has 2 amide bonds. The molecule has 1 fully saturated rings. The van der Waals surface area contributed by atoms with Crippen LogP contribution < -0.4 is 5.32 Å². The van der Waals surface area contributed by atoms with Gasteiger partial charge in [-0.25, -0.2) is 4.79 Å². The lowest BCUT2D eigenvalue weighted by Crippen LogP contribution is -2.50. The highest BCUT2D eigenvalue weighted by Gasteiger charge is 2.42. The second-order valence-corrected chi connectivity index (χ2v) is 7.56. The first-order valence-electron chi connectivity index (χ1n) is 8.66. The number of aliphatic carboxylic acids is 1. The minimum Gasteiger partial charge on any atom is -0.480 e. The average Bonchev–Trinajstić information content (AvgIpc) is 2.99. The molecule has 26 heavy (non-hydrogen) atoms. The van der Waals surface area contributed by atoms with Crippen LogP contribution in [0, 0.1) is 0 Å². The predicted octanol–water partition coefficient (Wildman–Crippen LogP) is 2.37. The number of ether oxygens (including phenoxy) is 1. The van der Waals surface area contributed by atoms with E-state index in [0.717, 1.165) is 5.56 Å². The number of carboxylic acid groups (broad SMARTS) is 1. The van der Waals surface area contributed by atoms with Gasteiger partial charge < -0.3 is 15.2 Å². The summed E-state index contributed by atoms with van der Waals surface area (Å²) >= 11 is 0. The molecule has 0 saturated carbocycles. The van der Waals surface area contributed by atoms with Gasteiger partial charge in [-0.05, 0) is 39.7 Å². The summed E-state index contributed by atoms with van der Waals surface area (Å²) in [7, 11) is 0. The maximum absolute atomic E-state index is 12.6. The van der Waals surface area contributed by atoms with Crippen LogP contribution in [0.2, 0.25) is 0 Å². The Kier molecular flexibility index (Phi) is 5.90. The molecule has 0 aliphatic carbocycles. The summed E-state index contributed by atoms with van der Waals surface area (Å²) in [5.41, 5.74) is 0.347. The van der Waals surface area contributed by atoms with Gasteiger partial charge in [0.1, 0.15) is 17.7 Å². The number of rotatable bonds is 4. The molecule has 1 saturated heterocycles. The minimum absolute atomic E-state index is 0.0143. The Balaban J connectivity index is 2.21. The van der Waals surface area contributed by atoms with Gasteiger partial charge in [0, 0.05) is 12.5 Å². The van der Waals surface area contributed by atoms with E-state index in [2.05, 4.69) is 5.32 Å². The zero-order chi connectivity index (χ0) is 19.5. The number of nitrogens with zero attached hydrogens (tertiary/aromatic N) is 1. The van der Waals surface area contributed by atoms with E-state index in [4.69, 9.17) is 9.84 Å². The van der Waals surface area contributed by atoms with E-state index in [1.807, 2.05) is 30.3 Å². The molecule has 2 rings (SSSR count). The van der Waals surface area contributed by atoms with Gasteiger partial charge in [0.15, 0.2) is 0 Å². The Labute approximate surface area is 153 Å². The van der Waals surface area contributed by atoms with Crippen LogP contribution in [-0.4, -0.2) is 52.2 Å². The molecule has 1 aliphatic heterocycles. The van der Waals surface area contributed by atoms with Crippen molar-refractivity contribution in [2.24, 2.45) is 0 Å². The summed E-state index contributed by atoms with van der Waals surface area (Å²) in [6.07, 6.45) is -0.152. The van der Waals surface area contributed by atoms with Crippen molar-refractivity contribution in [3.8, 4) is 0 Å². The number of nitrogens with one attached hydrogen (secondary N) is 1. The fraction of sp³-hybridized carbons (Fsp3) is 0.526. The lowest BCUT2D eigenvalue weighted by molar-refractivity contribution is -0.141. The van der Waals surface area contributed by atoms with Gasteiger partial charge >= 0.3 is 12.1 Å². The fourth-order valence-corrected chi connectivity index (χ4v) is 2.94. The molecule has 1 aliphatic rings. The molecular weight excluding hydrogens is 336 g/mol. The topological polar surface area (TPSA) is 95.9 Å². The Morgan fingerprint density at radius 3 is 2.38 bits per heavy atom. The summed E-state index contributed by atoms with van der Waals surface area (Å²) in [4.78, 5) is 37.6. The number of amides is 2. The number of hydrogen-bond donors (Lipinski definition) is 2. The van der Waals surface area contributed by atoms with Crippen molar-refractivity contribution >= 4 is 18.0 Å². The van der Waals surface area contributed by atoms with Gasteiger partial charge in [-0.3, -0.25) is 14.5 Å². The highest BCUT2D eigenvalue weighted by Crippen LogP contribution is 2.33. The van der Waals surface area contributed by atoms with Crippen molar-refractivity contribution < 1.29 is 24.2 Å². The van der Waals surface area contributed by atoms with Crippen molar-refractivity contribution in [1.29, 1.82) is 0 Å². The van der Waals surface area contributed by atoms with E-state index in [9.17, 15) is 14.4 Å². The van der Waals surface area contributed by atoms with Crippen molar-refractivity contribution in [2.75, 3.05) is 6.54 Å².